The van der Waals surface area contributed by atoms with E-state index in [4.69, 9.17) is 5.73 Å². The Morgan fingerprint density at radius 3 is 2.62 bits per heavy atom. The largest absolute Gasteiger partial charge is 0.366 e. The van der Waals surface area contributed by atoms with Gasteiger partial charge in [0, 0.05) is 7.05 Å². The van der Waals surface area contributed by atoms with Gasteiger partial charge in [-0.05, 0) is 6.92 Å². The molecule has 0 aliphatic rings. The summed E-state index contributed by atoms with van der Waals surface area (Å²) in [4.78, 5) is 8.10. The quantitative estimate of drug-likeness (QED) is 0.614. The lowest BCUT2D eigenvalue weighted by Gasteiger charge is -1.91. The number of nitrogen functional groups attached to an aromatic ring is 1. The van der Waals surface area contributed by atoms with E-state index in [0.717, 1.165) is 0 Å². The molecule has 0 saturated heterocycles. The third-order valence-corrected chi connectivity index (χ3v) is 1.58. The molecule has 0 saturated carbocycles. The third kappa shape index (κ3) is 1.24. The van der Waals surface area contributed by atoms with Crippen LogP contribution in [0.5, 0.6) is 0 Å². The number of aryl methyl sites for hydroxylation is 2. The number of hydrogen-bond acceptors (Lipinski definition) is 5. The summed E-state index contributed by atoms with van der Waals surface area (Å²) in [6.07, 6.45) is 0. The van der Waals surface area contributed by atoms with E-state index in [2.05, 4.69) is 25.3 Å². The molecule has 7 heteroatoms. The van der Waals surface area contributed by atoms with Crippen LogP contribution < -0.4 is 5.73 Å². The number of nitrogens with one attached hydrogen (secondary N) is 1. The molecule has 2 rings (SSSR count). The van der Waals surface area contributed by atoms with Crippen LogP contribution in [0.15, 0.2) is 0 Å². The maximum atomic E-state index is 5.36. The third-order valence-electron chi connectivity index (χ3n) is 1.58. The van der Waals surface area contributed by atoms with Gasteiger partial charge in [0.25, 0.3) is 0 Å². The molecular weight excluding hydrogens is 170 g/mol. The second-order valence-electron chi connectivity index (χ2n) is 2.65. The van der Waals surface area contributed by atoms with Gasteiger partial charge in [0.1, 0.15) is 5.82 Å². The van der Waals surface area contributed by atoms with E-state index in [-0.39, 0.29) is 5.95 Å². The molecule has 0 fully saturated rings. The summed E-state index contributed by atoms with van der Waals surface area (Å²) < 4.78 is 1.62. The molecule has 3 N–H and O–H groups in total. The van der Waals surface area contributed by atoms with Crippen LogP contribution in [0.1, 0.15) is 5.82 Å². The van der Waals surface area contributed by atoms with Crippen molar-refractivity contribution >= 4 is 5.95 Å². The van der Waals surface area contributed by atoms with Crippen LogP contribution in [0, 0.1) is 6.92 Å². The summed E-state index contributed by atoms with van der Waals surface area (Å²) in [6, 6.07) is 0. The maximum Gasteiger partial charge on any atom is 0.239 e. The van der Waals surface area contributed by atoms with Gasteiger partial charge >= 0.3 is 0 Å². The van der Waals surface area contributed by atoms with Gasteiger partial charge in [-0.25, -0.2) is 9.67 Å². The number of H-pyrrole nitrogens is 1. The Morgan fingerprint density at radius 2 is 2.15 bits per heavy atom. The second-order valence-corrected chi connectivity index (χ2v) is 2.65. The molecule has 0 atom stereocenters. The Hall–Kier alpha value is -1.92. The number of anilines is 1. The van der Waals surface area contributed by atoms with Crippen molar-refractivity contribution in [1.82, 2.24) is 29.9 Å². The molecule has 0 unspecified atom stereocenters. The fourth-order valence-electron chi connectivity index (χ4n) is 1.09. The molecule has 0 aliphatic carbocycles. The number of aromatic amines is 1. The number of nitrogens with zero attached hydrogens (tertiary/aromatic N) is 5. The summed E-state index contributed by atoms with van der Waals surface area (Å²) in [7, 11) is 1.79. The lowest BCUT2D eigenvalue weighted by atomic mass is 10.6. The van der Waals surface area contributed by atoms with Crippen LogP contribution in [-0.4, -0.2) is 29.9 Å². The van der Waals surface area contributed by atoms with Gasteiger partial charge in [0.2, 0.25) is 5.95 Å². The highest BCUT2D eigenvalue weighted by atomic mass is 15.4. The van der Waals surface area contributed by atoms with Crippen LogP contribution in [0.2, 0.25) is 0 Å². The minimum atomic E-state index is 0.204. The summed E-state index contributed by atoms with van der Waals surface area (Å²) in [5, 5.41) is 10.4. The highest BCUT2D eigenvalue weighted by molar-refractivity contribution is 5.44. The van der Waals surface area contributed by atoms with Crippen molar-refractivity contribution in [2.75, 3.05) is 5.73 Å². The molecule has 0 amide bonds. The summed E-state index contributed by atoms with van der Waals surface area (Å²) in [5.41, 5.74) is 5.36. The molecule has 0 bridgehead atoms. The molecule has 13 heavy (non-hydrogen) atoms. The van der Waals surface area contributed by atoms with Crippen molar-refractivity contribution in [3.8, 4) is 11.6 Å². The summed E-state index contributed by atoms with van der Waals surface area (Å²) in [6.45, 7) is 1.81. The van der Waals surface area contributed by atoms with E-state index < -0.39 is 0 Å². The van der Waals surface area contributed by atoms with Crippen molar-refractivity contribution in [3.63, 3.8) is 0 Å². The van der Waals surface area contributed by atoms with Gasteiger partial charge in [0.15, 0.2) is 11.6 Å². The lowest BCUT2D eigenvalue weighted by molar-refractivity contribution is 0.759. The van der Waals surface area contributed by atoms with Crippen molar-refractivity contribution in [2.24, 2.45) is 7.05 Å². The topological polar surface area (TPSA) is 98.3 Å². The zero-order valence-corrected chi connectivity index (χ0v) is 7.31. The lowest BCUT2D eigenvalue weighted by Crippen LogP contribution is -1.96. The van der Waals surface area contributed by atoms with Crippen LogP contribution in [0.4, 0.5) is 5.95 Å². The van der Waals surface area contributed by atoms with Crippen LogP contribution >= 0.6 is 0 Å². The van der Waals surface area contributed by atoms with Crippen LogP contribution in [0.25, 0.3) is 11.6 Å². The van der Waals surface area contributed by atoms with Gasteiger partial charge in [-0.1, -0.05) is 0 Å². The minimum absolute atomic E-state index is 0.204. The molecule has 0 aliphatic heterocycles. The van der Waals surface area contributed by atoms with E-state index in [1.807, 2.05) is 6.92 Å². The van der Waals surface area contributed by atoms with Crippen molar-refractivity contribution in [2.45, 2.75) is 6.92 Å². The highest BCUT2D eigenvalue weighted by Gasteiger charge is 2.10. The predicted molar refractivity (Wildman–Crippen MR) is 45.5 cm³/mol. The molecule has 0 aromatic carbocycles. The molecule has 2 aromatic rings. The Kier molecular flexibility index (Phi) is 1.51. The molecule has 0 radical (unpaired) electrons. The van der Waals surface area contributed by atoms with Crippen LogP contribution in [0.3, 0.4) is 0 Å². The number of aromatic nitrogens is 6. The maximum absolute atomic E-state index is 5.36. The molecular formula is C6H9N7. The first-order valence-corrected chi connectivity index (χ1v) is 3.72. The fourth-order valence-corrected chi connectivity index (χ4v) is 1.09. The first-order chi connectivity index (χ1) is 6.16. The van der Waals surface area contributed by atoms with E-state index in [0.29, 0.717) is 17.5 Å². The SMILES string of the molecule is Cc1nc(-c2nc(N)n[nH]2)n(C)n1. The van der Waals surface area contributed by atoms with Crippen molar-refractivity contribution in [3.05, 3.63) is 5.82 Å². The monoisotopic (exact) mass is 179 g/mol. The van der Waals surface area contributed by atoms with Gasteiger partial charge in [-0.3, -0.25) is 5.10 Å². The standard InChI is InChI=1S/C6H9N7/c1-3-8-5(13(2)12-3)4-9-6(7)11-10-4/h1-2H3,(H3,7,9,10,11). The highest BCUT2D eigenvalue weighted by Crippen LogP contribution is 2.10. The number of hydrogen-bond donors (Lipinski definition) is 2. The Morgan fingerprint density at radius 1 is 1.38 bits per heavy atom. The van der Waals surface area contributed by atoms with E-state index >= 15 is 0 Å². The Labute approximate surface area is 74.0 Å². The first-order valence-electron chi connectivity index (χ1n) is 3.72. The minimum Gasteiger partial charge on any atom is -0.366 e. The summed E-state index contributed by atoms with van der Waals surface area (Å²) >= 11 is 0. The average molecular weight is 179 g/mol. The summed E-state index contributed by atoms with van der Waals surface area (Å²) in [5.74, 6) is 2.05. The smallest absolute Gasteiger partial charge is 0.239 e. The molecule has 68 valence electrons. The molecule has 2 heterocycles. The number of rotatable bonds is 1. The van der Waals surface area contributed by atoms with Gasteiger partial charge in [-0.15, -0.1) is 5.10 Å². The van der Waals surface area contributed by atoms with Crippen LogP contribution in [-0.2, 0) is 7.05 Å². The Bertz CT molecular complexity index is 426. The fraction of sp³-hybridized carbons (Fsp3) is 0.333. The molecule has 2 aromatic heterocycles. The predicted octanol–water partition coefficient (Wildman–Crippen LogP) is -0.509. The van der Waals surface area contributed by atoms with E-state index in [9.17, 15) is 0 Å². The van der Waals surface area contributed by atoms with E-state index in [1.54, 1.807) is 11.7 Å². The first kappa shape index (κ1) is 7.71. The normalized spacial score (nSPS) is 10.6. The van der Waals surface area contributed by atoms with Crippen molar-refractivity contribution in [1.29, 1.82) is 0 Å². The average Bonchev–Trinajstić information content (AvgIpc) is 2.58. The number of nitrogens with two attached hydrogens (primary N) is 1. The second kappa shape index (κ2) is 2.54. The van der Waals surface area contributed by atoms with Gasteiger partial charge in [0.05, 0.1) is 0 Å². The zero-order valence-electron chi connectivity index (χ0n) is 7.31. The van der Waals surface area contributed by atoms with E-state index in [1.165, 1.54) is 0 Å². The molecule has 7 nitrogen and oxygen atoms in total. The van der Waals surface area contributed by atoms with Crippen molar-refractivity contribution < 1.29 is 0 Å². The van der Waals surface area contributed by atoms with Gasteiger partial charge < -0.3 is 5.73 Å². The Balaban J connectivity index is 2.51. The zero-order chi connectivity index (χ0) is 9.42. The van der Waals surface area contributed by atoms with Gasteiger partial charge in [-0.2, -0.15) is 10.1 Å². The molecule has 0 spiro atoms.